The largest absolute Gasteiger partial charge is 0.767 e. The van der Waals surface area contributed by atoms with Crippen molar-refractivity contribution in [3.63, 3.8) is 0 Å². The van der Waals surface area contributed by atoms with Crippen LogP contribution in [0.3, 0.4) is 0 Å². The summed E-state index contributed by atoms with van der Waals surface area (Å²) in [5.74, 6) is -1.41. The van der Waals surface area contributed by atoms with E-state index < -0.39 is 22.7 Å². The molecule has 5 aromatic rings. The number of benzene rings is 3. The first kappa shape index (κ1) is 30.4. The molecule has 1 unspecified atom stereocenters. The Morgan fingerprint density at radius 1 is 1.10 bits per heavy atom. The monoisotopic (exact) mass is 607 g/mol. The number of phenols is 1. The summed E-state index contributed by atoms with van der Waals surface area (Å²) in [6.07, 6.45) is 3.47. The lowest BCUT2D eigenvalue weighted by Crippen LogP contribution is -1.96. The number of ether oxygens (including phenoxy) is 1. The summed E-state index contributed by atoms with van der Waals surface area (Å²) in [5, 5.41) is 10.3. The lowest BCUT2D eigenvalue weighted by molar-refractivity contribution is 0.373. The van der Waals surface area contributed by atoms with Gasteiger partial charge in [0.15, 0.2) is 28.3 Å². The minimum Gasteiger partial charge on any atom is -0.767 e. The number of hydrogen-bond acceptors (Lipinski definition) is 9. The number of phenolic OH excluding ortho intramolecular Hbond substituents is 1. The summed E-state index contributed by atoms with van der Waals surface area (Å²) < 4.78 is 53.2. The number of nitrogen functional groups attached to an aromatic ring is 1. The molecule has 0 saturated carbocycles. The van der Waals surface area contributed by atoms with Gasteiger partial charge in [-0.3, -0.25) is 9.20 Å². The summed E-state index contributed by atoms with van der Waals surface area (Å²) in [5.41, 5.74) is 9.53. The van der Waals surface area contributed by atoms with Crippen LogP contribution in [0.2, 0.25) is 0 Å². The molecular weight excluding hydrogens is 582 g/mol. The average Bonchev–Trinajstić information content (AvgIpc) is 3.34. The molecule has 216 valence electrons. The van der Waals surface area contributed by atoms with Crippen LogP contribution in [0.25, 0.3) is 11.3 Å². The van der Waals surface area contributed by atoms with Crippen molar-refractivity contribution in [1.82, 2.24) is 9.97 Å². The number of halogens is 2. The molecule has 12 heteroatoms. The van der Waals surface area contributed by atoms with Crippen molar-refractivity contribution < 1.29 is 27.4 Å². The third-order valence-corrected chi connectivity index (χ3v) is 7.52. The zero-order valence-electron chi connectivity index (χ0n) is 22.5. The number of thiazole rings is 1. The number of nitrogens with two attached hydrogens (primary N) is 1. The van der Waals surface area contributed by atoms with Gasteiger partial charge in [0.2, 0.25) is 0 Å². The van der Waals surface area contributed by atoms with Crippen LogP contribution < -0.4 is 10.5 Å². The van der Waals surface area contributed by atoms with Gasteiger partial charge in [0.1, 0.15) is 5.03 Å². The highest BCUT2D eigenvalue weighted by Gasteiger charge is 2.14. The number of pyridine rings is 1. The maximum absolute atomic E-state index is 13.4. The molecule has 0 fully saturated rings. The molecule has 0 radical (unpaired) electrons. The number of hydrogen-bond donors (Lipinski definition) is 2. The molecule has 0 bridgehead atoms. The molecule has 5 rings (SSSR count). The van der Waals surface area contributed by atoms with E-state index in [4.69, 9.17) is 10.5 Å². The first-order chi connectivity index (χ1) is 20.2. The highest BCUT2D eigenvalue weighted by Crippen LogP contribution is 2.32. The molecule has 8 nitrogen and oxygen atoms in total. The van der Waals surface area contributed by atoms with Crippen molar-refractivity contribution in [1.29, 1.82) is 0 Å². The predicted molar refractivity (Wildman–Crippen MR) is 159 cm³/mol. The molecule has 3 N–H and O–H groups in total. The number of rotatable bonds is 7. The van der Waals surface area contributed by atoms with Gasteiger partial charge in [-0.2, -0.15) is 0 Å². The van der Waals surface area contributed by atoms with Crippen LogP contribution in [0.15, 0.2) is 89.0 Å². The van der Waals surface area contributed by atoms with E-state index in [1.54, 1.807) is 31.2 Å². The van der Waals surface area contributed by atoms with E-state index in [0.29, 0.717) is 45.4 Å². The van der Waals surface area contributed by atoms with Crippen LogP contribution in [0, 0.1) is 18.6 Å². The van der Waals surface area contributed by atoms with Crippen LogP contribution in [-0.4, -0.2) is 37.2 Å². The van der Waals surface area contributed by atoms with Gasteiger partial charge in [0.25, 0.3) is 0 Å². The Balaban J connectivity index is 0.000000193. The molecule has 0 saturated heterocycles. The van der Waals surface area contributed by atoms with Gasteiger partial charge in [-0.15, -0.1) is 11.3 Å². The van der Waals surface area contributed by atoms with Crippen molar-refractivity contribution >= 4 is 39.5 Å². The van der Waals surface area contributed by atoms with E-state index in [2.05, 4.69) is 15.0 Å². The quantitative estimate of drug-likeness (QED) is 0.163. The fourth-order valence-electron chi connectivity index (χ4n) is 3.88. The lowest BCUT2D eigenvalue weighted by atomic mass is 10.1. The maximum atomic E-state index is 13.4. The first-order valence-corrected chi connectivity index (χ1v) is 14.3. The molecule has 1 atom stereocenters. The van der Waals surface area contributed by atoms with Crippen LogP contribution in [0.1, 0.15) is 21.6 Å². The topological polar surface area (TPSA) is 134 Å². The van der Waals surface area contributed by atoms with Gasteiger partial charge in [-0.1, -0.05) is 36.4 Å². The maximum Gasteiger partial charge on any atom is 0.180 e. The predicted octanol–water partition coefficient (Wildman–Crippen LogP) is 6.35. The first-order valence-electron chi connectivity index (χ1n) is 12.4. The molecular formula is C30H25F2N4O4S2-. The Hall–Kier alpha value is -4.52. The van der Waals surface area contributed by atoms with Gasteiger partial charge < -0.3 is 20.1 Å². The SMILES string of the molecule is COc1cccc(C=Nc2cnc(S(=O)[O-])c(C)c2)c1O.Nc1nc(-c2ccc(F)c(F)c2)c(Cc2ccccc2)s1. The van der Waals surface area contributed by atoms with Gasteiger partial charge in [-0.25, -0.2) is 18.7 Å². The van der Waals surface area contributed by atoms with E-state index in [0.717, 1.165) is 22.6 Å². The molecule has 0 aliphatic carbocycles. The van der Waals surface area contributed by atoms with Gasteiger partial charge in [-0.05, 0) is 65.5 Å². The lowest BCUT2D eigenvalue weighted by Gasteiger charge is -2.07. The number of anilines is 1. The summed E-state index contributed by atoms with van der Waals surface area (Å²) in [7, 11) is 1.46. The second kappa shape index (κ2) is 13.9. The molecule has 3 aromatic carbocycles. The highest BCUT2D eigenvalue weighted by molar-refractivity contribution is 7.79. The summed E-state index contributed by atoms with van der Waals surface area (Å²) in [6, 6.07) is 20.3. The van der Waals surface area contributed by atoms with Gasteiger partial charge in [0, 0.05) is 28.6 Å². The number of para-hydroxylation sites is 1. The van der Waals surface area contributed by atoms with Crippen LogP contribution in [0.4, 0.5) is 19.6 Å². The third kappa shape index (κ3) is 7.60. The van der Waals surface area contributed by atoms with Crippen LogP contribution in [0.5, 0.6) is 11.5 Å². The van der Waals surface area contributed by atoms with Crippen molar-refractivity contribution in [2.45, 2.75) is 18.4 Å². The minimum atomic E-state index is -2.37. The number of aliphatic imine (C=N–C) groups is 1. The standard InChI is InChI=1S/C16H12F2N2S.C14H14N2O4S/c17-12-7-6-11(9-13(12)18)15-14(21-16(19)20-15)8-10-4-2-1-3-5-10;1-9-6-11(8-16-14(9)21(18)19)15-7-10-4-3-5-12(20-2)13(10)17/h1-7,9H,8H2,(H2,19,20);3-8,17H,1-2H3,(H,18,19)/p-1. The Morgan fingerprint density at radius 3 is 2.52 bits per heavy atom. The summed E-state index contributed by atoms with van der Waals surface area (Å²) in [6.45, 7) is 1.64. The van der Waals surface area contributed by atoms with Crippen LogP contribution >= 0.6 is 11.3 Å². The average molecular weight is 608 g/mol. The second-order valence-electron chi connectivity index (χ2n) is 8.82. The zero-order chi connectivity index (χ0) is 30.2. The van der Waals surface area contributed by atoms with Gasteiger partial charge >= 0.3 is 0 Å². The van der Waals surface area contributed by atoms with E-state index in [9.17, 15) is 22.6 Å². The Morgan fingerprint density at radius 2 is 1.86 bits per heavy atom. The summed E-state index contributed by atoms with van der Waals surface area (Å²) >= 11 is -1.00. The van der Waals surface area contributed by atoms with Crippen molar-refractivity contribution in [2.75, 3.05) is 12.8 Å². The summed E-state index contributed by atoms with van der Waals surface area (Å²) in [4.78, 5) is 13.2. The Labute approximate surface area is 247 Å². The van der Waals surface area contributed by atoms with Crippen molar-refractivity contribution in [3.8, 4) is 22.8 Å². The molecule has 2 heterocycles. The number of nitrogens with zero attached hydrogens (tertiary/aromatic N) is 3. The number of aromatic nitrogens is 2. The molecule has 0 amide bonds. The molecule has 2 aromatic heterocycles. The fourth-order valence-corrected chi connectivity index (χ4v) is 5.23. The number of methoxy groups -OCH3 is 1. The number of aromatic hydroxyl groups is 1. The molecule has 42 heavy (non-hydrogen) atoms. The highest BCUT2D eigenvalue weighted by atomic mass is 32.2. The molecule has 0 aliphatic heterocycles. The Kier molecular flexibility index (Phi) is 10.1. The van der Waals surface area contributed by atoms with Gasteiger partial charge in [0.05, 0.1) is 24.7 Å². The Bertz CT molecular complexity index is 1750. The third-order valence-electron chi connectivity index (χ3n) is 5.89. The van der Waals surface area contributed by atoms with E-state index in [1.165, 1.54) is 36.9 Å². The molecule has 0 spiro atoms. The van der Waals surface area contributed by atoms with E-state index in [1.807, 2.05) is 30.3 Å². The zero-order valence-corrected chi connectivity index (χ0v) is 24.1. The van der Waals surface area contributed by atoms with Crippen LogP contribution in [-0.2, 0) is 17.5 Å². The van der Waals surface area contributed by atoms with E-state index in [-0.39, 0.29) is 10.8 Å². The number of aryl methyl sites for hydroxylation is 1. The van der Waals surface area contributed by atoms with Crippen molar-refractivity contribution in [3.05, 3.63) is 112 Å². The van der Waals surface area contributed by atoms with Crippen molar-refractivity contribution in [2.24, 2.45) is 4.99 Å². The normalized spacial score (nSPS) is 11.6. The second-order valence-corrected chi connectivity index (χ2v) is 10.8. The minimum absolute atomic E-state index is 0.00169. The smallest absolute Gasteiger partial charge is 0.180 e. The fraction of sp³-hybridized carbons (Fsp3) is 0.100. The van der Waals surface area contributed by atoms with E-state index >= 15 is 0 Å². The molecule has 0 aliphatic rings.